The van der Waals surface area contributed by atoms with Gasteiger partial charge in [0.2, 0.25) is 5.91 Å². The number of methoxy groups -OCH3 is 1. The van der Waals surface area contributed by atoms with Crippen LogP contribution >= 0.6 is 0 Å². The molecule has 122 valence electrons. The Morgan fingerprint density at radius 1 is 1.17 bits per heavy atom. The molecule has 0 spiro atoms. The molecule has 0 saturated heterocycles. The van der Waals surface area contributed by atoms with Crippen molar-refractivity contribution in [3.8, 4) is 5.75 Å². The van der Waals surface area contributed by atoms with Gasteiger partial charge in [-0.05, 0) is 43.5 Å². The summed E-state index contributed by atoms with van der Waals surface area (Å²) < 4.78 is 5.16. The highest BCUT2D eigenvalue weighted by Gasteiger charge is 2.32. The maximum Gasteiger partial charge on any atom is 0.237 e. The standard InChI is InChI=1S/C19H24N2O2/c1-14(16-7-5-4-6-8-16)21-19(2,18(20)22)13-15-9-11-17(23-3)12-10-15/h4-12,14,21H,13H2,1-3H3,(H2,20,22). The second-order valence-corrected chi connectivity index (χ2v) is 6.00. The molecule has 4 heteroatoms. The number of amides is 1. The van der Waals surface area contributed by atoms with E-state index in [0.717, 1.165) is 16.9 Å². The SMILES string of the molecule is COc1ccc(CC(C)(NC(C)c2ccccc2)C(N)=O)cc1. The van der Waals surface area contributed by atoms with E-state index >= 15 is 0 Å². The molecule has 0 aliphatic rings. The van der Waals surface area contributed by atoms with E-state index in [1.54, 1.807) is 7.11 Å². The molecule has 0 radical (unpaired) electrons. The van der Waals surface area contributed by atoms with Gasteiger partial charge in [-0.3, -0.25) is 10.1 Å². The monoisotopic (exact) mass is 312 g/mol. The summed E-state index contributed by atoms with van der Waals surface area (Å²) in [7, 11) is 1.63. The molecule has 2 aromatic rings. The van der Waals surface area contributed by atoms with Crippen LogP contribution in [-0.4, -0.2) is 18.6 Å². The van der Waals surface area contributed by atoms with Gasteiger partial charge in [0.25, 0.3) is 0 Å². The van der Waals surface area contributed by atoms with Gasteiger partial charge < -0.3 is 10.5 Å². The van der Waals surface area contributed by atoms with Crippen molar-refractivity contribution in [2.75, 3.05) is 7.11 Å². The van der Waals surface area contributed by atoms with Gasteiger partial charge in [0.15, 0.2) is 0 Å². The van der Waals surface area contributed by atoms with Crippen LogP contribution < -0.4 is 15.8 Å². The Balaban J connectivity index is 2.16. The first-order chi connectivity index (χ1) is 10.9. The zero-order chi connectivity index (χ0) is 16.9. The lowest BCUT2D eigenvalue weighted by molar-refractivity contribution is -0.124. The van der Waals surface area contributed by atoms with Crippen molar-refractivity contribution in [2.45, 2.75) is 31.8 Å². The lowest BCUT2D eigenvalue weighted by Crippen LogP contribution is -2.55. The van der Waals surface area contributed by atoms with Crippen LogP contribution in [0.15, 0.2) is 54.6 Å². The van der Waals surface area contributed by atoms with Crippen LogP contribution in [0.25, 0.3) is 0 Å². The molecule has 0 saturated carbocycles. The van der Waals surface area contributed by atoms with Gasteiger partial charge in [-0.15, -0.1) is 0 Å². The summed E-state index contributed by atoms with van der Waals surface area (Å²) in [5, 5.41) is 3.38. The minimum Gasteiger partial charge on any atom is -0.497 e. The van der Waals surface area contributed by atoms with Crippen molar-refractivity contribution >= 4 is 5.91 Å². The number of nitrogens with two attached hydrogens (primary N) is 1. The third kappa shape index (κ3) is 4.33. The topological polar surface area (TPSA) is 64.3 Å². The Kier molecular flexibility index (Phi) is 5.40. The summed E-state index contributed by atoms with van der Waals surface area (Å²) >= 11 is 0. The van der Waals surface area contributed by atoms with Gasteiger partial charge in [0.05, 0.1) is 12.6 Å². The second kappa shape index (κ2) is 7.29. The van der Waals surface area contributed by atoms with Crippen LogP contribution in [0, 0.1) is 0 Å². The van der Waals surface area contributed by atoms with E-state index in [-0.39, 0.29) is 11.9 Å². The first-order valence-electron chi connectivity index (χ1n) is 7.70. The molecule has 0 fully saturated rings. The van der Waals surface area contributed by atoms with E-state index in [9.17, 15) is 4.79 Å². The summed E-state index contributed by atoms with van der Waals surface area (Å²) in [6.45, 7) is 3.88. The number of nitrogens with one attached hydrogen (secondary N) is 1. The number of rotatable bonds is 7. The van der Waals surface area contributed by atoms with Crippen LogP contribution in [0.2, 0.25) is 0 Å². The van der Waals surface area contributed by atoms with Crippen LogP contribution in [-0.2, 0) is 11.2 Å². The minimum absolute atomic E-state index is 0.0203. The maximum absolute atomic E-state index is 12.1. The average molecular weight is 312 g/mol. The molecule has 3 N–H and O–H groups in total. The summed E-state index contributed by atoms with van der Waals surface area (Å²) in [4.78, 5) is 12.1. The van der Waals surface area contributed by atoms with Crippen LogP contribution in [0.3, 0.4) is 0 Å². The molecule has 0 aromatic heterocycles. The summed E-state index contributed by atoms with van der Waals surface area (Å²) in [5.41, 5.74) is 6.99. The van der Waals surface area contributed by atoms with Crippen molar-refractivity contribution in [1.29, 1.82) is 0 Å². The molecule has 0 aliphatic heterocycles. The highest BCUT2D eigenvalue weighted by Crippen LogP contribution is 2.21. The van der Waals surface area contributed by atoms with Crippen molar-refractivity contribution in [2.24, 2.45) is 5.73 Å². The number of hydrogen-bond acceptors (Lipinski definition) is 3. The summed E-state index contributed by atoms with van der Waals surface area (Å²) in [5.74, 6) is 0.427. The number of hydrogen-bond donors (Lipinski definition) is 2. The molecular formula is C19H24N2O2. The van der Waals surface area contributed by atoms with Crippen molar-refractivity contribution < 1.29 is 9.53 Å². The Hall–Kier alpha value is -2.33. The van der Waals surface area contributed by atoms with E-state index in [0.29, 0.717) is 6.42 Å². The predicted molar refractivity (Wildman–Crippen MR) is 92.3 cm³/mol. The third-order valence-corrected chi connectivity index (χ3v) is 4.10. The van der Waals surface area contributed by atoms with Gasteiger partial charge in [0, 0.05) is 6.04 Å². The molecule has 0 aliphatic carbocycles. The largest absolute Gasteiger partial charge is 0.497 e. The first kappa shape index (κ1) is 17.0. The van der Waals surface area contributed by atoms with Gasteiger partial charge in [0.1, 0.15) is 5.75 Å². The molecule has 2 rings (SSSR count). The second-order valence-electron chi connectivity index (χ2n) is 6.00. The van der Waals surface area contributed by atoms with E-state index in [2.05, 4.69) is 5.32 Å². The van der Waals surface area contributed by atoms with Gasteiger partial charge in [-0.1, -0.05) is 42.5 Å². The number of carbonyl (C=O) groups is 1. The molecule has 2 atom stereocenters. The number of benzene rings is 2. The predicted octanol–water partition coefficient (Wildman–Crippen LogP) is 2.83. The van der Waals surface area contributed by atoms with E-state index in [1.165, 1.54) is 0 Å². The molecular weight excluding hydrogens is 288 g/mol. The number of primary amides is 1. The molecule has 0 bridgehead atoms. The number of carbonyl (C=O) groups excluding carboxylic acids is 1. The molecule has 2 aromatic carbocycles. The molecule has 23 heavy (non-hydrogen) atoms. The lowest BCUT2D eigenvalue weighted by atomic mass is 9.90. The Labute approximate surface area is 137 Å². The Morgan fingerprint density at radius 3 is 2.30 bits per heavy atom. The highest BCUT2D eigenvalue weighted by molar-refractivity contribution is 5.84. The van der Waals surface area contributed by atoms with Gasteiger partial charge in [-0.2, -0.15) is 0 Å². The highest BCUT2D eigenvalue weighted by atomic mass is 16.5. The fourth-order valence-electron chi connectivity index (χ4n) is 2.66. The van der Waals surface area contributed by atoms with E-state index < -0.39 is 5.54 Å². The molecule has 2 unspecified atom stereocenters. The van der Waals surface area contributed by atoms with Crippen molar-refractivity contribution in [3.63, 3.8) is 0 Å². The third-order valence-electron chi connectivity index (χ3n) is 4.10. The Bertz CT molecular complexity index is 640. The fraction of sp³-hybridized carbons (Fsp3) is 0.316. The van der Waals surface area contributed by atoms with Crippen LogP contribution in [0.4, 0.5) is 0 Å². The zero-order valence-electron chi connectivity index (χ0n) is 13.9. The first-order valence-corrected chi connectivity index (χ1v) is 7.70. The molecule has 0 heterocycles. The average Bonchev–Trinajstić information content (AvgIpc) is 2.56. The van der Waals surface area contributed by atoms with Gasteiger partial charge >= 0.3 is 0 Å². The minimum atomic E-state index is -0.830. The van der Waals surface area contributed by atoms with Crippen molar-refractivity contribution in [3.05, 3.63) is 65.7 Å². The fourth-order valence-corrected chi connectivity index (χ4v) is 2.66. The van der Waals surface area contributed by atoms with Crippen molar-refractivity contribution in [1.82, 2.24) is 5.32 Å². The van der Waals surface area contributed by atoms with E-state index in [1.807, 2.05) is 68.4 Å². The van der Waals surface area contributed by atoms with Gasteiger partial charge in [-0.25, -0.2) is 0 Å². The normalized spacial score (nSPS) is 14.7. The van der Waals surface area contributed by atoms with Crippen LogP contribution in [0.1, 0.15) is 31.0 Å². The molecule has 4 nitrogen and oxygen atoms in total. The maximum atomic E-state index is 12.1. The smallest absolute Gasteiger partial charge is 0.237 e. The quantitative estimate of drug-likeness (QED) is 0.826. The summed E-state index contributed by atoms with van der Waals surface area (Å²) in [6.07, 6.45) is 0.517. The molecule has 1 amide bonds. The van der Waals surface area contributed by atoms with Crippen LogP contribution in [0.5, 0.6) is 5.75 Å². The zero-order valence-corrected chi connectivity index (χ0v) is 13.9. The number of ether oxygens (including phenoxy) is 1. The van der Waals surface area contributed by atoms with E-state index in [4.69, 9.17) is 10.5 Å². The summed E-state index contributed by atoms with van der Waals surface area (Å²) in [6, 6.07) is 17.7. The lowest BCUT2D eigenvalue weighted by Gasteiger charge is -2.31. The Morgan fingerprint density at radius 2 is 1.78 bits per heavy atom.